The Morgan fingerprint density at radius 2 is 1.59 bits per heavy atom. The molecule has 0 aliphatic carbocycles. The summed E-state index contributed by atoms with van der Waals surface area (Å²) in [5.41, 5.74) is 3.14. The maximum Gasteiger partial charge on any atom is 0.263 e. The Balaban J connectivity index is 1.71. The van der Waals surface area contributed by atoms with Crippen LogP contribution in [0.25, 0.3) is 11.0 Å². The number of hydrogen-bond acceptors (Lipinski definition) is 6. The zero-order chi connectivity index (χ0) is 22.7. The quantitative estimate of drug-likeness (QED) is 0.445. The number of sulfonamides is 1. The van der Waals surface area contributed by atoms with Crippen LogP contribution in [0, 0.1) is 0 Å². The van der Waals surface area contributed by atoms with Crippen molar-refractivity contribution in [2.24, 2.45) is 0 Å². The molecular formula is C24H21N3O4S. The molecule has 32 heavy (non-hydrogen) atoms. The summed E-state index contributed by atoms with van der Waals surface area (Å²) in [5, 5.41) is 9.78. The van der Waals surface area contributed by atoms with E-state index in [4.69, 9.17) is 0 Å². The number of phenols is 1. The van der Waals surface area contributed by atoms with Gasteiger partial charge in [-0.1, -0.05) is 36.4 Å². The standard InChI is InChI=1S/C24H21N3O4S/c1-16(28)13-17-9-11-20(12-10-17)32(30,31)27-24-23(15-18-5-4-6-19(29)14-18)25-21-7-2-3-8-22(21)26-24/h2-12,14,29H,13,15H2,1H3,(H,26,27). The number of fused-ring (bicyclic) bond motifs is 1. The minimum atomic E-state index is -3.94. The second-order valence-corrected chi connectivity index (χ2v) is 9.16. The SMILES string of the molecule is CC(=O)Cc1ccc(S(=O)(=O)Nc2nc3ccccc3nc2Cc2cccc(O)c2)cc1. The number of aromatic nitrogens is 2. The number of aromatic hydroxyl groups is 1. The number of Topliss-reactive ketones (excluding diaryl/α,β-unsaturated/α-hetero) is 1. The fraction of sp³-hybridized carbons (Fsp3) is 0.125. The van der Waals surface area contributed by atoms with Gasteiger partial charge in [0.05, 0.1) is 21.6 Å². The van der Waals surface area contributed by atoms with Crippen LogP contribution in [0.1, 0.15) is 23.7 Å². The number of benzene rings is 3. The summed E-state index contributed by atoms with van der Waals surface area (Å²) in [6.07, 6.45) is 0.527. The molecule has 0 amide bonds. The summed E-state index contributed by atoms with van der Waals surface area (Å²) in [4.78, 5) is 20.5. The van der Waals surface area contributed by atoms with Gasteiger partial charge in [-0.15, -0.1) is 0 Å². The van der Waals surface area contributed by atoms with Gasteiger partial charge in [-0.25, -0.2) is 18.4 Å². The third-order valence-electron chi connectivity index (χ3n) is 4.84. The van der Waals surface area contributed by atoms with E-state index in [2.05, 4.69) is 14.7 Å². The Morgan fingerprint density at radius 1 is 0.906 bits per heavy atom. The molecule has 4 aromatic rings. The molecule has 0 saturated carbocycles. The van der Waals surface area contributed by atoms with E-state index in [0.29, 0.717) is 16.7 Å². The number of rotatable bonds is 7. The van der Waals surface area contributed by atoms with Gasteiger partial charge in [0.2, 0.25) is 0 Å². The maximum absolute atomic E-state index is 13.0. The third-order valence-corrected chi connectivity index (χ3v) is 6.20. The lowest BCUT2D eigenvalue weighted by atomic mass is 10.1. The predicted octanol–water partition coefficient (Wildman–Crippen LogP) is 3.86. The summed E-state index contributed by atoms with van der Waals surface area (Å²) in [6, 6.07) is 20.1. The number of nitrogens with one attached hydrogen (secondary N) is 1. The zero-order valence-corrected chi connectivity index (χ0v) is 18.1. The highest BCUT2D eigenvalue weighted by Gasteiger charge is 2.19. The molecule has 0 fully saturated rings. The van der Waals surface area contributed by atoms with Crippen LogP contribution in [-0.2, 0) is 27.7 Å². The highest BCUT2D eigenvalue weighted by atomic mass is 32.2. The van der Waals surface area contributed by atoms with E-state index < -0.39 is 10.0 Å². The first-order valence-electron chi connectivity index (χ1n) is 9.95. The molecule has 1 heterocycles. The number of hydrogen-bond donors (Lipinski definition) is 2. The molecule has 1 aromatic heterocycles. The van der Waals surface area contributed by atoms with Crippen LogP contribution >= 0.6 is 0 Å². The normalized spacial score (nSPS) is 11.4. The van der Waals surface area contributed by atoms with Crippen LogP contribution in [0.4, 0.5) is 5.82 Å². The molecule has 0 saturated heterocycles. The lowest BCUT2D eigenvalue weighted by Crippen LogP contribution is -2.16. The Bertz CT molecular complexity index is 1400. The van der Waals surface area contributed by atoms with Crippen molar-refractivity contribution in [3.05, 3.63) is 89.6 Å². The van der Waals surface area contributed by atoms with Gasteiger partial charge in [-0.3, -0.25) is 9.52 Å². The van der Waals surface area contributed by atoms with Crippen molar-refractivity contribution in [3.8, 4) is 5.75 Å². The van der Waals surface area contributed by atoms with Crippen LogP contribution in [0.15, 0.2) is 77.7 Å². The van der Waals surface area contributed by atoms with Gasteiger partial charge in [0.1, 0.15) is 11.5 Å². The average molecular weight is 448 g/mol. The Labute approximate surface area is 185 Å². The number of carbonyl (C=O) groups excluding carboxylic acids is 1. The molecule has 0 radical (unpaired) electrons. The molecule has 0 unspecified atom stereocenters. The van der Waals surface area contributed by atoms with Crippen molar-refractivity contribution in [3.63, 3.8) is 0 Å². The van der Waals surface area contributed by atoms with Crippen molar-refractivity contribution < 1.29 is 18.3 Å². The minimum Gasteiger partial charge on any atom is -0.508 e. The van der Waals surface area contributed by atoms with Crippen molar-refractivity contribution >= 4 is 32.7 Å². The van der Waals surface area contributed by atoms with Crippen molar-refractivity contribution in [1.29, 1.82) is 0 Å². The van der Waals surface area contributed by atoms with Crippen molar-refractivity contribution in [1.82, 2.24) is 9.97 Å². The van der Waals surface area contributed by atoms with E-state index in [1.165, 1.54) is 19.1 Å². The molecule has 0 aliphatic rings. The van der Waals surface area contributed by atoms with Crippen LogP contribution in [-0.4, -0.2) is 29.3 Å². The van der Waals surface area contributed by atoms with Gasteiger partial charge in [0.25, 0.3) is 10.0 Å². The molecule has 0 bridgehead atoms. The van der Waals surface area contributed by atoms with E-state index in [1.807, 2.05) is 12.1 Å². The van der Waals surface area contributed by atoms with E-state index in [9.17, 15) is 18.3 Å². The molecule has 3 aromatic carbocycles. The molecule has 0 aliphatic heterocycles. The second kappa shape index (κ2) is 8.76. The molecule has 8 heteroatoms. The zero-order valence-electron chi connectivity index (χ0n) is 17.3. The van der Waals surface area contributed by atoms with Crippen LogP contribution in [0.2, 0.25) is 0 Å². The second-order valence-electron chi connectivity index (χ2n) is 7.48. The summed E-state index contributed by atoms with van der Waals surface area (Å²) in [5.74, 6) is 0.241. The van der Waals surface area contributed by atoms with Gasteiger partial charge in [0.15, 0.2) is 5.82 Å². The van der Waals surface area contributed by atoms with Crippen LogP contribution in [0.3, 0.4) is 0 Å². The van der Waals surface area contributed by atoms with Gasteiger partial charge in [-0.05, 0) is 54.4 Å². The first-order valence-corrected chi connectivity index (χ1v) is 11.4. The van der Waals surface area contributed by atoms with E-state index >= 15 is 0 Å². The number of nitrogens with zero attached hydrogens (tertiary/aromatic N) is 2. The molecular weight excluding hydrogens is 426 g/mol. The van der Waals surface area contributed by atoms with Crippen molar-refractivity contribution in [2.75, 3.05) is 4.72 Å². The van der Waals surface area contributed by atoms with Gasteiger partial charge in [-0.2, -0.15) is 0 Å². The largest absolute Gasteiger partial charge is 0.508 e. The van der Waals surface area contributed by atoms with Crippen LogP contribution in [0.5, 0.6) is 5.75 Å². The monoisotopic (exact) mass is 447 g/mol. The third kappa shape index (κ3) is 4.92. The van der Waals surface area contributed by atoms with E-state index in [-0.39, 0.29) is 35.1 Å². The summed E-state index contributed by atoms with van der Waals surface area (Å²) in [7, 11) is -3.94. The van der Waals surface area contributed by atoms with E-state index in [0.717, 1.165) is 11.1 Å². The summed E-state index contributed by atoms with van der Waals surface area (Å²) in [6.45, 7) is 1.48. The molecule has 0 atom stereocenters. The predicted molar refractivity (Wildman–Crippen MR) is 122 cm³/mol. The molecule has 0 spiro atoms. The molecule has 7 nitrogen and oxygen atoms in total. The first-order chi connectivity index (χ1) is 15.3. The highest BCUT2D eigenvalue weighted by Crippen LogP contribution is 2.24. The maximum atomic E-state index is 13.0. The van der Waals surface area contributed by atoms with Gasteiger partial charge >= 0.3 is 0 Å². The summed E-state index contributed by atoms with van der Waals surface area (Å²) < 4.78 is 28.6. The van der Waals surface area contributed by atoms with Crippen LogP contribution < -0.4 is 4.72 Å². The number of phenolic OH excluding ortho intramolecular Hbond substituents is 1. The smallest absolute Gasteiger partial charge is 0.263 e. The topological polar surface area (TPSA) is 109 Å². The van der Waals surface area contributed by atoms with E-state index in [1.54, 1.807) is 48.5 Å². The molecule has 2 N–H and O–H groups in total. The number of para-hydroxylation sites is 2. The molecule has 4 rings (SSSR count). The highest BCUT2D eigenvalue weighted by molar-refractivity contribution is 7.92. The fourth-order valence-corrected chi connectivity index (χ4v) is 4.39. The minimum absolute atomic E-state index is 0.00163. The van der Waals surface area contributed by atoms with Gasteiger partial charge < -0.3 is 5.11 Å². The summed E-state index contributed by atoms with van der Waals surface area (Å²) >= 11 is 0. The average Bonchev–Trinajstić information content (AvgIpc) is 2.74. The lowest BCUT2D eigenvalue weighted by molar-refractivity contribution is -0.116. The Hall–Kier alpha value is -3.78. The fourth-order valence-electron chi connectivity index (χ4n) is 3.36. The Morgan fingerprint density at radius 3 is 2.25 bits per heavy atom. The first kappa shape index (κ1) is 21.5. The Kier molecular flexibility index (Phi) is 5.87. The molecule has 162 valence electrons. The van der Waals surface area contributed by atoms with Crippen molar-refractivity contribution in [2.45, 2.75) is 24.7 Å². The number of ketones is 1. The lowest BCUT2D eigenvalue weighted by Gasteiger charge is -2.13. The number of carbonyl (C=O) groups is 1. The number of anilines is 1. The van der Waals surface area contributed by atoms with Gasteiger partial charge in [0, 0.05) is 12.8 Å².